The molecule has 0 unspecified atom stereocenters. The van der Waals surface area contributed by atoms with Crippen molar-refractivity contribution in [3.05, 3.63) is 48.7 Å². The van der Waals surface area contributed by atoms with Crippen molar-refractivity contribution >= 4 is 0 Å². The van der Waals surface area contributed by atoms with Gasteiger partial charge < -0.3 is 11.3 Å². The van der Waals surface area contributed by atoms with Gasteiger partial charge >= 0.3 is 18.6 Å². The van der Waals surface area contributed by atoms with E-state index in [1.807, 2.05) is 30.3 Å². The van der Waals surface area contributed by atoms with Crippen LogP contribution in [0.4, 0.5) is 0 Å². The van der Waals surface area contributed by atoms with E-state index in [-0.39, 0.29) is 18.6 Å². The van der Waals surface area contributed by atoms with Crippen LogP contribution in [-0.2, 0) is 25.1 Å². The van der Waals surface area contributed by atoms with Gasteiger partial charge in [-0.25, -0.2) is 5.11 Å². The minimum Gasteiger partial charge on any atom is -0.377 e. The molecule has 0 aromatic heterocycles. The average Bonchev–Trinajstić information content (AvgIpc) is 2.07. The monoisotopic (exact) mass is 196 g/mol. The first-order valence-corrected chi connectivity index (χ1v) is 3.36. The third-order valence-corrected chi connectivity index (χ3v) is 1.24. The van der Waals surface area contributed by atoms with Gasteiger partial charge in [0.05, 0.1) is 6.54 Å². The molecule has 0 bridgehead atoms. The van der Waals surface area contributed by atoms with Crippen LogP contribution < -0.4 is 0 Å². The van der Waals surface area contributed by atoms with Crippen molar-refractivity contribution in [2.75, 3.05) is 0 Å². The average molecular weight is 196 g/mol. The molecule has 0 N–H and O–H groups in total. The first-order chi connectivity index (χ1) is 5.43. The Balaban J connectivity index is 0.00000121. The predicted octanol–water partition coefficient (Wildman–Crippen LogP) is 2.58. The Kier molecular flexibility index (Phi) is 6.34. The van der Waals surface area contributed by atoms with Crippen molar-refractivity contribution < 1.29 is 18.6 Å². The molecule has 0 aliphatic heterocycles. The Hall–Kier alpha value is -0.856. The molecule has 0 spiro atoms. The van der Waals surface area contributed by atoms with Gasteiger partial charge in [-0.2, -0.15) is 0 Å². The van der Waals surface area contributed by atoms with Crippen molar-refractivity contribution in [1.82, 2.24) is 0 Å². The fraction of sp³-hybridized carbons (Fsp3) is 0.111. The van der Waals surface area contributed by atoms with E-state index in [4.69, 9.17) is 0 Å². The predicted molar refractivity (Wildman–Crippen MR) is 43.9 cm³/mol. The fourth-order valence-electron chi connectivity index (χ4n) is 0.750. The topological polar surface area (TPSA) is 24.7 Å². The summed E-state index contributed by atoms with van der Waals surface area (Å²) in [6.07, 6.45) is 2.35. The summed E-state index contributed by atoms with van der Waals surface area (Å²) in [4.78, 5) is 0. The van der Waals surface area contributed by atoms with E-state index in [1.165, 1.54) is 0 Å². The maximum absolute atomic E-state index is 3.81. The molecule has 1 rings (SSSR count). The van der Waals surface area contributed by atoms with Crippen LogP contribution in [0, 0.1) is 6.20 Å². The van der Waals surface area contributed by atoms with Crippen LogP contribution in [0.1, 0.15) is 5.56 Å². The number of rotatable bonds is 3. The smallest absolute Gasteiger partial charge is 0.377 e. The van der Waals surface area contributed by atoms with Crippen LogP contribution in [0.25, 0.3) is 0 Å². The minimum atomic E-state index is 0. The SMILES string of the molecule is C=[C-]N=NCc1ccccc1.[V+2]. The summed E-state index contributed by atoms with van der Waals surface area (Å²) in [5, 5.41) is 7.34. The first-order valence-electron chi connectivity index (χ1n) is 3.36. The maximum Gasteiger partial charge on any atom is 2.00 e. The molecule has 0 saturated carbocycles. The van der Waals surface area contributed by atoms with Gasteiger partial charge in [0.2, 0.25) is 0 Å². The zero-order chi connectivity index (χ0) is 7.94. The fourth-order valence-corrected chi connectivity index (χ4v) is 0.750. The maximum atomic E-state index is 3.81. The van der Waals surface area contributed by atoms with Crippen molar-refractivity contribution in [1.29, 1.82) is 0 Å². The Morgan fingerprint density at radius 2 is 1.92 bits per heavy atom. The zero-order valence-corrected chi connectivity index (χ0v) is 8.04. The Morgan fingerprint density at radius 3 is 2.50 bits per heavy atom. The van der Waals surface area contributed by atoms with Gasteiger partial charge in [0.15, 0.2) is 0 Å². The number of hydrogen-bond donors (Lipinski definition) is 0. The quantitative estimate of drug-likeness (QED) is 0.524. The second kappa shape index (κ2) is 6.83. The summed E-state index contributed by atoms with van der Waals surface area (Å²) in [5.74, 6) is 0. The molecule has 0 amide bonds. The molecule has 0 atom stereocenters. The molecule has 59 valence electrons. The van der Waals surface area contributed by atoms with Crippen molar-refractivity contribution in [3.63, 3.8) is 0 Å². The van der Waals surface area contributed by atoms with Crippen molar-refractivity contribution in [2.24, 2.45) is 10.2 Å². The van der Waals surface area contributed by atoms with Crippen LogP contribution >= 0.6 is 0 Å². The number of nitrogens with zero attached hydrogens (tertiary/aromatic N) is 2. The Labute approximate surface area is 84.3 Å². The van der Waals surface area contributed by atoms with Crippen LogP contribution in [0.5, 0.6) is 0 Å². The summed E-state index contributed by atoms with van der Waals surface area (Å²) in [6, 6.07) is 9.93. The van der Waals surface area contributed by atoms with Crippen LogP contribution in [-0.4, -0.2) is 0 Å². The van der Waals surface area contributed by atoms with Gasteiger partial charge in [-0.05, 0) is 5.56 Å². The van der Waals surface area contributed by atoms with E-state index >= 15 is 0 Å². The molecule has 0 aliphatic carbocycles. The third-order valence-electron chi connectivity index (χ3n) is 1.24. The van der Waals surface area contributed by atoms with Crippen LogP contribution in [0.2, 0.25) is 0 Å². The van der Waals surface area contributed by atoms with Gasteiger partial charge in [0.1, 0.15) is 0 Å². The second-order valence-corrected chi connectivity index (χ2v) is 2.04. The molecule has 0 saturated heterocycles. The van der Waals surface area contributed by atoms with Gasteiger partial charge in [-0.15, -0.1) is 0 Å². The minimum absolute atomic E-state index is 0. The summed E-state index contributed by atoms with van der Waals surface area (Å²) < 4.78 is 0. The van der Waals surface area contributed by atoms with Gasteiger partial charge in [0.25, 0.3) is 0 Å². The second-order valence-electron chi connectivity index (χ2n) is 2.04. The van der Waals surface area contributed by atoms with E-state index in [9.17, 15) is 0 Å². The Bertz CT molecular complexity index is 244. The van der Waals surface area contributed by atoms with Crippen LogP contribution in [0.3, 0.4) is 0 Å². The molecule has 2 nitrogen and oxygen atoms in total. The molecule has 1 radical (unpaired) electrons. The largest absolute Gasteiger partial charge is 2.00 e. The number of benzene rings is 1. The molecule has 0 fully saturated rings. The van der Waals surface area contributed by atoms with E-state index in [0.717, 1.165) is 5.56 Å². The van der Waals surface area contributed by atoms with E-state index in [1.54, 1.807) is 0 Å². The standard InChI is InChI=1S/C9H9N2.V/c1-2-10-11-8-9-6-4-3-5-7-9;/h3-7H,1,8H2;/q-1;+2. The van der Waals surface area contributed by atoms with E-state index in [2.05, 4.69) is 23.0 Å². The molecule has 1 aromatic carbocycles. The molecular weight excluding hydrogens is 187 g/mol. The van der Waals surface area contributed by atoms with E-state index < -0.39 is 0 Å². The van der Waals surface area contributed by atoms with Gasteiger partial charge in [0, 0.05) is 0 Å². The number of hydrogen-bond acceptors (Lipinski definition) is 2. The van der Waals surface area contributed by atoms with Gasteiger partial charge in [-0.1, -0.05) is 30.3 Å². The van der Waals surface area contributed by atoms with Crippen molar-refractivity contribution in [2.45, 2.75) is 6.54 Å². The molecule has 0 heterocycles. The molecule has 12 heavy (non-hydrogen) atoms. The van der Waals surface area contributed by atoms with Crippen LogP contribution in [0.15, 0.2) is 47.1 Å². The van der Waals surface area contributed by atoms with Gasteiger partial charge in [-0.3, -0.25) is 6.58 Å². The summed E-state index contributed by atoms with van der Waals surface area (Å²) >= 11 is 0. The number of azo groups is 1. The first kappa shape index (κ1) is 11.1. The third kappa shape index (κ3) is 4.11. The molecule has 1 aromatic rings. The summed E-state index contributed by atoms with van der Waals surface area (Å²) in [6.45, 7) is 3.91. The normalized spacial score (nSPS) is 9.33. The molecule has 3 heteroatoms. The zero-order valence-electron chi connectivity index (χ0n) is 6.64. The summed E-state index contributed by atoms with van der Waals surface area (Å²) in [5.41, 5.74) is 1.14. The Morgan fingerprint density at radius 1 is 1.25 bits per heavy atom. The summed E-state index contributed by atoms with van der Waals surface area (Å²) in [7, 11) is 0. The van der Waals surface area contributed by atoms with E-state index in [0.29, 0.717) is 6.54 Å². The molecular formula is C9H9N2V+. The molecule has 0 aliphatic rings. The van der Waals surface area contributed by atoms with Crippen molar-refractivity contribution in [3.8, 4) is 0 Å².